The van der Waals surface area contributed by atoms with Gasteiger partial charge in [-0.3, -0.25) is 0 Å². The van der Waals surface area contributed by atoms with E-state index in [2.05, 4.69) is 43.4 Å². The molecular formula is C14H23NSi. The van der Waals surface area contributed by atoms with Crippen LogP contribution in [-0.2, 0) is 5.41 Å². The summed E-state index contributed by atoms with van der Waals surface area (Å²) in [7, 11) is -0.884. The van der Waals surface area contributed by atoms with Gasteiger partial charge in [0.2, 0.25) is 0 Å². The molecule has 0 unspecified atom stereocenters. The summed E-state index contributed by atoms with van der Waals surface area (Å²) in [4.78, 5) is 0. The normalized spacial score (nSPS) is 22.9. The number of benzene rings is 1. The molecule has 1 aromatic rings. The fraction of sp³-hybridized carbons (Fsp3) is 0.571. The number of hydrogen-bond donors (Lipinski definition) is 1. The first-order valence-electron chi connectivity index (χ1n) is 6.34. The van der Waals surface area contributed by atoms with Gasteiger partial charge in [-0.1, -0.05) is 55.5 Å². The third kappa shape index (κ3) is 2.23. The first-order chi connectivity index (χ1) is 7.58. The van der Waals surface area contributed by atoms with Gasteiger partial charge in [-0.2, -0.15) is 0 Å². The van der Waals surface area contributed by atoms with Crippen LogP contribution in [0.2, 0.25) is 25.2 Å². The van der Waals surface area contributed by atoms with Gasteiger partial charge in [0.15, 0.2) is 0 Å². The van der Waals surface area contributed by atoms with Crippen molar-refractivity contribution >= 4 is 8.07 Å². The maximum atomic E-state index is 6.07. The predicted octanol–water partition coefficient (Wildman–Crippen LogP) is 3.39. The molecule has 0 atom stereocenters. The molecule has 1 aliphatic rings. The van der Waals surface area contributed by atoms with Crippen molar-refractivity contribution in [2.45, 2.75) is 43.4 Å². The van der Waals surface area contributed by atoms with Crippen LogP contribution < -0.4 is 5.73 Å². The van der Waals surface area contributed by atoms with Gasteiger partial charge < -0.3 is 5.73 Å². The van der Waals surface area contributed by atoms with Crippen molar-refractivity contribution < 1.29 is 0 Å². The topological polar surface area (TPSA) is 26.0 Å². The van der Waals surface area contributed by atoms with Crippen LogP contribution in [0.3, 0.4) is 0 Å². The second kappa shape index (κ2) is 4.34. The molecule has 88 valence electrons. The monoisotopic (exact) mass is 233 g/mol. The van der Waals surface area contributed by atoms with Gasteiger partial charge in [-0.05, 0) is 18.4 Å². The maximum Gasteiger partial charge on any atom is 0.0474 e. The van der Waals surface area contributed by atoms with Crippen molar-refractivity contribution in [3.8, 4) is 0 Å². The fourth-order valence-electron chi connectivity index (χ4n) is 2.81. The van der Waals surface area contributed by atoms with Crippen molar-refractivity contribution in [2.75, 3.05) is 6.54 Å². The Morgan fingerprint density at radius 1 is 1.12 bits per heavy atom. The molecule has 1 nitrogen and oxygen atoms in total. The molecule has 2 rings (SSSR count). The van der Waals surface area contributed by atoms with Crippen molar-refractivity contribution in [1.82, 2.24) is 0 Å². The van der Waals surface area contributed by atoms with Crippen LogP contribution in [-0.4, -0.2) is 14.6 Å². The molecule has 0 aromatic heterocycles. The fourth-order valence-corrected chi connectivity index (χ4v) is 5.37. The zero-order chi connectivity index (χ0) is 11.6. The highest BCUT2D eigenvalue weighted by Crippen LogP contribution is 2.42. The average molecular weight is 233 g/mol. The van der Waals surface area contributed by atoms with Crippen LogP contribution in [0.1, 0.15) is 18.4 Å². The lowest BCUT2D eigenvalue weighted by molar-refractivity contribution is 0.387. The highest BCUT2D eigenvalue weighted by Gasteiger charge is 2.39. The SMILES string of the molecule is C[Si]1(C)CCC(CN)(c2ccccc2)CC1. The lowest BCUT2D eigenvalue weighted by Gasteiger charge is -2.42. The van der Waals surface area contributed by atoms with E-state index in [4.69, 9.17) is 5.73 Å². The molecule has 0 saturated carbocycles. The van der Waals surface area contributed by atoms with Crippen LogP contribution in [0.4, 0.5) is 0 Å². The summed E-state index contributed by atoms with van der Waals surface area (Å²) < 4.78 is 0. The number of nitrogens with two attached hydrogens (primary N) is 1. The summed E-state index contributed by atoms with van der Waals surface area (Å²) in [5, 5.41) is 0. The molecule has 1 aromatic carbocycles. The van der Waals surface area contributed by atoms with Crippen molar-refractivity contribution in [3.63, 3.8) is 0 Å². The second-order valence-corrected chi connectivity index (χ2v) is 11.3. The van der Waals surface area contributed by atoms with Gasteiger partial charge >= 0.3 is 0 Å². The first-order valence-corrected chi connectivity index (χ1v) is 9.75. The zero-order valence-corrected chi connectivity index (χ0v) is 11.5. The van der Waals surface area contributed by atoms with E-state index in [1.54, 1.807) is 0 Å². The van der Waals surface area contributed by atoms with E-state index in [0.29, 0.717) is 0 Å². The molecule has 1 heterocycles. The minimum absolute atomic E-state index is 0.282. The van der Waals surface area contributed by atoms with Crippen molar-refractivity contribution in [3.05, 3.63) is 35.9 Å². The molecule has 1 aliphatic heterocycles. The first kappa shape index (κ1) is 11.9. The maximum absolute atomic E-state index is 6.07. The molecule has 0 amide bonds. The quantitative estimate of drug-likeness (QED) is 0.779. The Morgan fingerprint density at radius 3 is 2.19 bits per heavy atom. The van der Waals surface area contributed by atoms with Crippen LogP contribution in [0.5, 0.6) is 0 Å². The predicted molar refractivity (Wildman–Crippen MR) is 73.5 cm³/mol. The lowest BCUT2D eigenvalue weighted by Crippen LogP contribution is -2.44. The van der Waals surface area contributed by atoms with E-state index < -0.39 is 8.07 Å². The zero-order valence-electron chi connectivity index (χ0n) is 10.5. The van der Waals surface area contributed by atoms with Crippen LogP contribution in [0.15, 0.2) is 30.3 Å². The van der Waals surface area contributed by atoms with Crippen LogP contribution in [0.25, 0.3) is 0 Å². The lowest BCUT2D eigenvalue weighted by atomic mass is 9.75. The summed E-state index contributed by atoms with van der Waals surface area (Å²) in [5.74, 6) is 0. The summed E-state index contributed by atoms with van der Waals surface area (Å²) >= 11 is 0. The minimum Gasteiger partial charge on any atom is -0.330 e. The molecule has 0 aliphatic carbocycles. The minimum atomic E-state index is -0.884. The van der Waals surface area contributed by atoms with Crippen molar-refractivity contribution in [2.24, 2.45) is 5.73 Å². The smallest absolute Gasteiger partial charge is 0.0474 e. The van der Waals surface area contributed by atoms with Gasteiger partial charge in [-0.15, -0.1) is 0 Å². The van der Waals surface area contributed by atoms with Gasteiger partial charge in [-0.25, -0.2) is 0 Å². The molecule has 1 fully saturated rings. The third-order valence-corrected chi connectivity index (χ3v) is 7.54. The van der Waals surface area contributed by atoms with E-state index in [0.717, 1.165) is 6.54 Å². The summed E-state index contributed by atoms with van der Waals surface area (Å²) in [6, 6.07) is 13.8. The average Bonchev–Trinajstić information content (AvgIpc) is 2.31. The highest BCUT2D eigenvalue weighted by atomic mass is 28.3. The Hall–Kier alpha value is -0.603. The van der Waals surface area contributed by atoms with Crippen molar-refractivity contribution in [1.29, 1.82) is 0 Å². The molecule has 2 heteroatoms. The molecular weight excluding hydrogens is 210 g/mol. The van der Waals surface area contributed by atoms with E-state index >= 15 is 0 Å². The summed E-state index contributed by atoms with van der Waals surface area (Å²) in [6.45, 7) is 5.83. The molecule has 0 radical (unpaired) electrons. The third-order valence-electron chi connectivity index (χ3n) is 4.34. The van der Waals surface area contributed by atoms with Gasteiger partial charge in [0, 0.05) is 20.0 Å². The van der Waals surface area contributed by atoms with Gasteiger partial charge in [0.25, 0.3) is 0 Å². The van der Waals surface area contributed by atoms with Crippen LogP contribution in [0, 0.1) is 0 Å². The van der Waals surface area contributed by atoms with Gasteiger partial charge in [0.1, 0.15) is 0 Å². The Balaban J connectivity index is 2.23. The second-order valence-electron chi connectivity index (χ2n) is 6.01. The van der Waals surface area contributed by atoms with Crippen LogP contribution >= 0.6 is 0 Å². The Bertz CT molecular complexity index is 335. The van der Waals surface area contributed by atoms with E-state index in [1.807, 2.05) is 0 Å². The number of hydrogen-bond acceptors (Lipinski definition) is 1. The molecule has 2 N–H and O–H groups in total. The Labute approximate surface area is 100 Å². The Kier molecular flexibility index (Phi) is 3.22. The Morgan fingerprint density at radius 2 is 1.69 bits per heavy atom. The van der Waals surface area contributed by atoms with E-state index in [9.17, 15) is 0 Å². The summed E-state index contributed by atoms with van der Waals surface area (Å²) in [5.41, 5.74) is 7.82. The molecule has 16 heavy (non-hydrogen) atoms. The largest absolute Gasteiger partial charge is 0.330 e. The molecule has 0 bridgehead atoms. The summed E-state index contributed by atoms with van der Waals surface area (Å²) in [6.07, 6.45) is 2.60. The van der Waals surface area contributed by atoms with E-state index in [-0.39, 0.29) is 5.41 Å². The number of rotatable bonds is 2. The molecule has 1 saturated heterocycles. The molecule has 0 spiro atoms. The van der Waals surface area contributed by atoms with E-state index in [1.165, 1.54) is 30.5 Å². The van der Waals surface area contributed by atoms with Gasteiger partial charge in [0.05, 0.1) is 0 Å². The standard InChI is InChI=1S/C14H23NSi/c1-16(2)10-8-14(12-15,9-11-16)13-6-4-3-5-7-13/h3-7H,8-12,15H2,1-2H3. The highest BCUT2D eigenvalue weighted by molar-refractivity contribution is 6.77.